The van der Waals surface area contributed by atoms with E-state index < -0.39 is 0 Å². The first-order valence-corrected chi connectivity index (χ1v) is 6.22. The van der Waals surface area contributed by atoms with Gasteiger partial charge in [-0.25, -0.2) is 0 Å². The predicted octanol–water partition coefficient (Wildman–Crippen LogP) is 4.51. The zero-order valence-corrected chi connectivity index (χ0v) is 11.3. The molecule has 0 aliphatic carbocycles. The third-order valence-corrected chi connectivity index (χ3v) is 2.69. The van der Waals surface area contributed by atoms with E-state index in [9.17, 15) is 4.79 Å². The monoisotopic (exact) mass is 240 g/mol. The summed E-state index contributed by atoms with van der Waals surface area (Å²) in [4.78, 5) is 11.3. The van der Waals surface area contributed by atoms with Crippen LogP contribution in [0, 0.1) is 0 Å². The van der Waals surface area contributed by atoms with Crippen LogP contribution >= 0.6 is 0 Å². The Kier molecular flexibility index (Phi) is 5.86. The van der Waals surface area contributed by atoms with E-state index in [2.05, 4.69) is 24.3 Å². The number of hydrogen-bond donors (Lipinski definition) is 0. The van der Waals surface area contributed by atoms with Gasteiger partial charge in [-0.2, -0.15) is 0 Å². The number of benzene rings is 1. The van der Waals surface area contributed by atoms with Crippen LogP contribution in [0.2, 0.25) is 0 Å². The summed E-state index contributed by atoms with van der Waals surface area (Å²) in [6.07, 6.45) is 11.2. The lowest BCUT2D eigenvalue weighted by atomic mass is 10.1. The highest BCUT2D eigenvalue weighted by molar-refractivity contribution is 5.94. The van der Waals surface area contributed by atoms with Crippen molar-refractivity contribution in [3.63, 3.8) is 0 Å². The van der Waals surface area contributed by atoms with E-state index >= 15 is 0 Å². The highest BCUT2D eigenvalue weighted by Gasteiger charge is 1.98. The van der Waals surface area contributed by atoms with Crippen LogP contribution in [0.5, 0.6) is 0 Å². The zero-order chi connectivity index (χ0) is 13.4. The van der Waals surface area contributed by atoms with E-state index in [1.165, 1.54) is 5.57 Å². The van der Waals surface area contributed by atoms with E-state index in [0.29, 0.717) is 0 Å². The lowest BCUT2D eigenvalue weighted by Gasteiger charge is -2.00. The molecule has 0 amide bonds. The minimum absolute atomic E-state index is 0.115. The molecule has 0 bridgehead atoms. The highest BCUT2D eigenvalue weighted by atomic mass is 16.1. The SMILES string of the molecule is C\C=C/C(/C=C/Cc1cccc(C(C)=O)c1)=C\C. The molecule has 1 aromatic carbocycles. The van der Waals surface area contributed by atoms with Gasteiger partial charge < -0.3 is 0 Å². The molecule has 1 aromatic rings. The average Bonchev–Trinajstić information content (AvgIpc) is 2.38. The lowest BCUT2D eigenvalue weighted by Crippen LogP contribution is -1.93. The number of carbonyl (C=O) groups excluding carboxylic acids is 1. The molecule has 0 spiro atoms. The molecule has 0 fully saturated rings. The Morgan fingerprint density at radius 3 is 2.61 bits per heavy atom. The highest BCUT2D eigenvalue weighted by Crippen LogP contribution is 2.08. The molecule has 0 saturated carbocycles. The fraction of sp³-hybridized carbons (Fsp3) is 0.235. The first-order valence-electron chi connectivity index (χ1n) is 6.22. The summed E-state index contributed by atoms with van der Waals surface area (Å²) in [6, 6.07) is 7.79. The summed E-state index contributed by atoms with van der Waals surface area (Å²) < 4.78 is 0. The molecule has 0 N–H and O–H groups in total. The van der Waals surface area contributed by atoms with Crippen LogP contribution in [-0.4, -0.2) is 5.78 Å². The first-order chi connectivity index (χ1) is 8.67. The maximum Gasteiger partial charge on any atom is 0.159 e. The van der Waals surface area contributed by atoms with Gasteiger partial charge in [-0.05, 0) is 44.4 Å². The smallest absolute Gasteiger partial charge is 0.159 e. The Morgan fingerprint density at radius 1 is 1.22 bits per heavy atom. The third-order valence-electron chi connectivity index (χ3n) is 2.69. The number of hydrogen-bond acceptors (Lipinski definition) is 1. The number of ketones is 1. The normalized spacial score (nSPS) is 12.5. The van der Waals surface area contributed by atoms with Crippen LogP contribution in [0.25, 0.3) is 0 Å². The number of allylic oxidation sites excluding steroid dienone is 6. The molecule has 1 heteroatoms. The molecular formula is C17H20O. The molecule has 0 aromatic heterocycles. The summed E-state index contributed by atoms with van der Waals surface area (Å²) in [7, 11) is 0. The Morgan fingerprint density at radius 2 is 2.00 bits per heavy atom. The number of Topliss-reactive ketones (excluding diaryl/α,β-unsaturated/α-hetero) is 1. The second kappa shape index (κ2) is 7.44. The van der Waals surface area contributed by atoms with Crippen LogP contribution in [0.1, 0.15) is 36.7 Å². The third kappa shape index (κ3) is 4.54. The van der Waals surface area contributed by atoms with Crippen molar-refractivity contribution in [3.8, 4) is 0 Å². The van der Waals surface area contributed by atoms with E-state index in [-0.39, 0.29) is 5.78 Å². The number of carbonyl (C=O) groups is 1. The second-order valence-electron chi connectivity index (χ2n) is 4.15. The molecule has 0 atom stereocenters. The van der Waals surface area contributed by atoms with Crippen molar-refractivity contribution in [2.45, 2.75) is 27.2 Å². The molecule has 1 rings (SSSR count). The Hall–Kier alpha value is -1.89. The maximum atomic E-state index is 11.3. The van der Waals surface area contributed by atoms with Gasteiger partial charge in [0, 0.05) is 5.56 Å². The maximum absolute atomic E-state index is 11.3. The van der Waals surface area contributed by atoms with Crippen LogP contribution in [-0.2, 0) is 6.42 Å². The summed E-state index contributed by atoms with van der Waals surface area (Å²) in [6.45, 7) is 5.63. The summed E-state index contributed by atoms with van der Waals surface area (Å²) in [5.74, 6) is 0.115. The summed E-state index contributed by atoms with van der Waals surface area (Å²) >= 11 is 0. The summed E-state index contributed by atoms with van der Waals surface area (Å²) in [5, 5.41) is 0. The molecule has 0 unspecified atom stereocenters. The van der Waals surface area contributed by atoms with Gasteiger partial charge in [0.25, 0.3) is 0 Å². The van der Waals surface area contributed by atoms with Crippen molar-refractivity contribution >= 4 is 5.78 Å². The van der Waals surface area contributed by atoms with Gasteiger partial charge >= 0.3 is 0 Å². The van der Waals surface area contributed by atoms with Crippen molar-refractivity contribution in [3.05, 3.63) is 71.3 Å². The van der Waals surface area contributed by atoms with Gasteiger partial charge in [0.05, 0.1) is 0 Å². The average molecular weight is 240 g/mol. The topological polar surface area (TPSA) is 17.1 Å². The van der Waals surface area contributed by atoms with Crippen LogP contribution in [0.15, 0.2) is 60.2 Å². The van der Waals surface area contributed by atoms with E-state index in [0.717, 1.165) is 17.5 Å². The molecule has 0 radical (unpaired) electrons. The Bertz CT molecular complexity index is 490. The second-order valence-corrected chi connectivity index (χ2v) is 4.15. The van der Waals surface area contributed by atoms with Gasteiger partial charge in [-0.15, -0.1) is 0 Å². The molecule has 0 aliphatic heterocycles. The fourth-order valence-electron chi connectivity index (χ4n) is 1.69. The lowest BCUT2D eigenvalue weighted by molar-refractivity contribution is 0.101. The first kappa shape index (κ1) is 14.2. The molecule has 0 heterocycles. The van der Waals surface area contributed by atoms with E-state index in [1.807, 2.05) is 44.2 Å². The fourth-order valence-corrected chi connectivity index (χ4v) is 1.69. The van der Waals surface area contributed by atoms with Crippen molar-refractivity contribution in [2.75, 3.05) is 0 Å². The largest absolute Gasteiger partial charge is 0.295 e. The van der Waals surface area contributed by atoms with Gasteiger partial charge in [0.1, 0.15) is 0 Å². The van der Waals surface area contributed by atoms with Gasteiger partial charge in [0.2, 0.25) is 0 Å². The molecule has 94 valence electrons. The molecular weight excluding hydrogens is 220 g/mol. The minimum atomic E-state index is 0.115. The molecule has 0 saturated heterocycles. The van der Waals surface area contributed by atoms with Crippen LogP contribution < -0.4 is 0 Å². The van der Waals surface area contributed by atoms with E-state index in [1.54, 1.807) is 6.92 Å². The van der Waals surface area contributed by atoms with Crippen LogP contribution in [0.3, 0.4) is 0 Å². The van der Waals surface area contributed by atoms with Crippen molar-refractivity contribution < 1.29 is 4.79 Å². The van der Waals surface area contributed by atoms with Crippen LogP contribution in [0.4, 0.5) is 0 Å². The van der Waals surface area contributed by atoms with Crippen molar-refractivity contribution in [1.82, 2.24) is 0 Å². The van der Waals surface area contributed by atoms with Crippen molar-refractivity contribution in [2.24, 2.45) is 0 Å². The standard InChI is InChI=1S/C17H20O/c1-4-8-15(5-2)9-6-10-16-11-7-12-17(13-16)14(3)18/h4-9,11-13H,10H2,1-3H3/b8-4-,9-6+,15-5+. The minimum Gasteiger partial charge on any atom is -0.295 e. The van der Waals surface area contributed by atoms with Gasteiger partial charge in [-0.1, -0.05) is 48.6 Å². The predicted molar refractivity (Wildman–Crippen MR) is 77.9 cm³/mol. The van der Waals surface area contributed by atoms with Crippen molar-refractivity contribution in [1.29, 1.82) is 0 Å². The van der Waals surface area contributed by atoms with Gasteiger partial charge in [-0.3, -0.25) is 4.79 Å². The molecule has 0 aliphatic rings. The van der Waals surface area contributed by atoms with E-state index in [4.69, 9.17) is 0 Å². The summed E-state index contributed by atoms with van der Waals surface area (Å²) in [5.41, 5.74) is 3.13. The Balaban J connectivity index is 2.71. The molecule has 18 heavy (non-hydrogen) atoms. The zero-order valence-electron chi connectivity index (χ0n) is 11.3. The number of rotatable bonds is 5. The molecule has 1 nitrogen and oxygen atoms in total. The van der Waals surface area contributed by atoms with Gasteiger partial charge in [0.15, 0.2) is 5.78 Å². The quantitative estimate of drug-likeness (QED) is 0.546. The Labute approximate surface area is 110 Å².